The highest BCUT2D eigenvalue weighted by Crippen LogP contribution is 2.44. The Morgan fingerprint density at radius 1 is 0.913 bits per heavy atom. The van der Waals surface area contributed by atoms with Crippen molar-refractivity contribution in [2.45, 2.75) is 10.4 Å². The Hall–Kier alpha value is -2.28. The summed E-state index contributed by atoms with van der Waals surface area (Å²) in [5, 5.41) is 0.204. The molecule has 0 amide bonds. The Balaban J connectivity index is 2.33. The van der Waals surface area contributed by atoms with Gasteiger partial charge in [0.25, 0.3) is 0 Å². The summed E-state index contributed by atoms with van der Waals surface area (Å²) in [5.74, 6) is -0.766. The van der Waals surface area contributed by atoms with E-state index in [1.54, 1.807) is 6.07 Å². The zero-order chi connectivity index (χ0) is 16.6. The van der Waals surface area contributed by atoms with Gasteiger partial charge in [0.1, 0.15) is 5.82 Å². The molecule has 0 saturated heterocycles. The Morgan fingerprint density at radius 2 is 1.52 bits per heavy atom. The summed E-state index contributed by atoms with van der Waals surface area (Å²) < 4.78 is 56.9. The lowest BCUT2D eigenvalue weighted by molar-refractivity contribution is -0.0328. The molecule has 1 aromatic heterocycles. The zero-order valence-electron chi connectivity index (χ0n) is 11.4. The van der Waals surface area contributed by atoms with Gasteiger partial charge in [0, 0.05) is 10.9 Å². The van der Waals surface area contributed by atoms with Gasteiger partial charge in [-0.05, 0) is 42.1 Å². The Bertz CT molecular complexity index is 914. The summed E-state index contributed by atoms with van der Waals surface area (Å²) in [7, 11) is 0. The van der Waals surface area contributed by atoms with Crippen LogP contribution in [0.3, 0.4) is 0 Å². The van der Waals surface area contributed by atoms with Gasteiger partial charge in [0.15, 0.2) is 5.76 Å². The van der Waals surface area contributed by atoms with Crippen LogP contribution in [0.2, 0.25) is 0 Å². The van der Waals surface area contributed by atoms with Gasteiger partial charge in [0.05, 0.1) is 10.3 Å². The molecule has 0 unspecified atom stereocenters. The monoisotopic (exact) mass is 340 g/mol. The van der Waals surface area contributed by atoms with E-state index in [2.05, 4.69) is 0 Å². The number of hydrogen-bond donors (Lipinski definition) is 0. The van der Waals surface area contributed by atoms with E-state index in [1.807, 2.05) is 0 Å². The molecule has 0 radical (unpaired) electrons. The van der Waals surface area contributed by atoms with E-state index in [1.165, 1.54) is 30.3 Å². The summed E-state index contributed by atoms with van der Waals surface area (Å²) in [6.07, 6.45) is 0. The van der Waals surface area contributed by atoms with Gasteiger partial charge < -0.3 is 4.42 Å². The molecule has 2 nitrogen and oxygen atoms in total. The van der Waals surface area contributed by atoms with E-state index >= 15 is 0 Å². The molecule has 1 heterocycles. The van der Waals surface area contributed by atoms with E-state index in [0.29, 0.717) is 0 Å². The molecular formula is C16H8F4O2S. The Morgan fingerprint density at radius 3 is 2.13 bits per heavy atom. The molecule has 2 aromatic carbocycles. The summed E-state index contributed by atoms with van der Waals surface area (Å²) >= 11 is -0.362. The molecular weight excluding hydrogens is 332 g/mol. The molecule has 3 rings (SSSR count). The van der Waals surface area contributed by atoms with E-state index < -0.39 is 17.0 Å². The quantitative estimate of drug-likeness (QED) is 0.474. The number of fused-ring (bicyclic) bond motifs is 1. The van der Waals surface area contributed by atoms with Crippen LogP contribution in [0, 0.1) is 5.82 Å². The third-order valence-electron chi connectivity index (χ3n) is 3.12. The van der Waals surface area contributed by atoms with Crippen LogP contribution in [0.15, 0.2) is 62.6 Å². The van der Waals surface area contributed by atoms with E-state index in [-0.39, 0.29) is 38.8 Å². The van der Waals surface area contributed by atoms with Crippen LogP contribution in [0.5, 0.6) is 0 Å². The first-order valence-corrected chi connectivity index (χ1v) is 7.24. The van der Waals surface area contributed by atoms with Crippen LogP contribution >= 0.6 is 11.8 Å². The number of halogens is 4. The molecule has 0 fully saturated rings. The van der Waals surface area contributed by atoms with Gasteiger partial charge in [-0.15, -0.1) is 0 Å². The fraction of sp³-hybridized carbons (Fsp3) is 0.0625. The molecule has 0 aliphatic carbocycles. The maximum atomic E-state index is 13.0. The highest BCUT2D eigenvalue weighted by atomic mass is 32.2. The predicted octanol–water partition coefficient (Wildman–Crippen LogP) is 5.21. The fourth-order valence-electron chi connectivity index (χ4n) is 2.18. The maximum Gasteiger partial charge on any atom is 0.446 e. The van der Waals surface area contributed by atoms with Crippen LogP contribution in [-0.2, 0) is 0 Å². The fourth-order valence-corrected chi connectivity index (χ4v) is 2.96. The average Bonchev–Trinajstić information content (AvgIpc) is 2.50. The molecule has 118 valence electrons. The van der Waals surface area contributed by atoms with E-state index in [4.69, 9.17) is 4.42 Å². The summed E-state index contributed by atoms with van der Waals surface area (Å²) in [5.41, 5.74) is -5.11. The van der Waals surface area contributed by atoms with Crippen molar-refractivity contribution in [1.29, 1.82) is 0 Å². The van der Waals surface area contributed by atoms with Crippen molar-refractivity contribution >= 4 is 22.5 Å². The van der Waals surface area contributed by atoms with E-state index in [9.17, 15) is 22.4 Å². The predicted molar refractivity (Wildman–Crippen MR) is 79.8 cm³/mol. The minimum atomic E-state index is -4.56. The zero-order valence-corrected chi connectivity index (χ0v) is 12.2. The first-order chi connectivity index (χ1) is 10.8. The Kier molecular flexibility index (Phi) is 3.89. The number of hydrogen-bond acceptors (Lipinski definition) is 3. The maximum absolute atomic E-state index is 13.0. The van der Waals surface area contributed by atoms with Crippen molar-refractivity contribution in [3.63, 3.8) is 0 Å². The summed E-state index contributed by atoms with van der Waals surface area (Å²) in [4.78, 5) is 11.8. The first-order valence-electron chi connectivity index (χ1n) is 6.43. The van der Waals surface area contributed by atoms with Crippen LogP contribution in [0.1, 0.15) is 0 Å². The second-order valence-electron chi connectivity index (χ2n) is 4.65. The van der Waals surface area contributed by atoms with Crippen LogP contribution in [-0.4, -0.2) is 5.51 Å². The van der Waals surface area contributed by atoms with Gasteiger partial charge in [0.2, 0.25) is 0 Å². The van der Waals surface area contributed by atoms with Gasteiger partial charge in [-0.2, -0.15) is 13.2 Å². The topological polar surface area (TPSA) is 30.2 Å². The summed E-state index contributed by atoms with van der Waals surface area (Å²) in [6, 6.07) is 10.6. The van der Waals surface area contributed by atoms with Gasteiger partial charge in [-0.25, -0.2) is 9.18 Å². The molecule has 0 atom stereocenters. The smallest absolute Gasteiger partial charge is 0.421 e. The van der Waals surface area contributed by atoms with Crippen LogP contribution in [0.25, 0.3) is 22.1 Å². The molecule has 23 heavy (non-hydrogen) atoms. The second-order valence-corrected chi connectivity index (χ2v) is 5.72. The van der Waals surface area contributed by atoms with Crippen molar-refractivity contribution in [3.8, 4) is 11.3 Å². The molecule has 0 aliphatic rings. The highest BCUT2D eigenvalue weighted by molar-refractivity contribution is 8.00. The van der Waals surface area contributed by atoms with Crippen LogP contribution in [0.4, 0.5) is 17.6 Å². The molecule has 0 saturated carbocycles. The number of benzene rings is 2. The van der Waals surface area contributed by atoms with Crippen LogP contribution < -0.4 is 5.63 Å². The minimum Gasteiger partial charge on any atom is -0.421 e. The molecule has 0 bridgehead atoms. The third kappa shape index (κ3) is 3.24. The lowest BCUT2D eigenvalue weighted by Gasteiger charge is -2.12. The molecule has 0 N–H and O–H groups in total. The molecule has 0 aliphatic heterocycles. The van der Waals surface area contributed by atoms with Crippen molar-refractivity contribution in [3.05, 3.63) is 64.8 Å². The molecule has 7 heteroatoms. The number of rotatable bonds is 2. The largest absolute Gasteiger partial charge is 0.446 e. The van der Waals surface area contributed by atoms with Crippen molar-refractivity contribution in [2.75, 3.05) is 0 Å². The van der Waals surface area contributed by atoms with Gasteiger partial charge >= 0.3 is 11.1 Å². The van der Waals surface area contributed by atoms with Crippen molar-refractivity contribution < 1.29 is 22.0 Å². The van der Waals surface area contributed by atoms with Gasteiger partial charge in [-0.1, -0.05) is 18.2 Å². The molecule has 3 aromatic rings. The van der Waals surface area contributed by atoms with Crippen molar-refractivity contribution in [2.24, 2.45) is 0 Å². The highest BCUT2D eigenvalue weighted by Gasteiger charge is 2.33. The lowest BCUT2D eigenvalue weighted by Crippen LogP contribution is -2.06. The molecule has 0 spiro atoms. The summed E-state index contributed by atoms with van der Waals surface area (Å²) in [6.45, 7) is 0. The minimum absolute atomic E-state index is 0.0603. The number of thioether (sulfide) groups is 1. The number of alkyl halides is 3. The average molecular weight is 340 g/mol. The third-order valence-corrected chi connectivity index (χ3v) is 3.96. The first kappa shape index (κ1) is 15.6. The Labute approximate surface area is 131 Å². The van der Waals surface area contributed by atoms with E-state index in [0.717, 1.165) is 12.1 Å². The van der Waals surface area contributed by atoms with Gasteiger partial charge in [-0.3, -0.25) is 0 Å². The standard InChI is InChI=1S/C16H8F4O2S/c17-10-7-5-9(6-8-10)13-14(23-16(18,19)20)11-3-1-2-4-12(11)15(21)22-13/h1-8H. The second kappa shape index (κ2) is 5.73. The normalized spacial score (nSPS) is 11.8. The van der Waals surface area contributed by atoms with Crippen molar-refractivity contribution in [1.82, 2.24) is 0 Å². The SMILES string of the molecule is O=c1oc(-c2ccc(F)cc2)c(SC(F)(F)F)c2ccccc12. The lowest BCUT2D eigenvalue weighted by atomic mass is 10.1.